The van der Waals surface area contributed by atoms with Crippen LogP contribution in [-0.4, -0.2) is 89.0 Å². The number of aliphatic hydroxyl groups is 4. The van der Waals surface area contributed by atoms with Gasteiger partial charge in [0.1, 0.15) is 31.0 Å². The number of ether oxygens (including phenoxy) is 4. The normalized spacial score (nSPS) is 20.7. The van der Waals surface area contributed by atoms with E-state index in [2.05, 4.69) is 62.5 Å². The lowest BCUT2D eigenvalue weighted by molar-refractivity contribution is -0.305. The summed E-state index contributed by atoms with van der Waals surface area (Å²) in [5.41, 5.74) is 0. The van der Waals surface area contributed by atoms with Gasteiger partial charge in [-0.25, -0.2) is 0 Å². The molecule has 0 aliphatic carbocycles. The third-order valence-corrected chi connectivity index (χ3v) is 10.2. The average Bonchev–Trinajstić information content (AvgIpc) is 3.21. The lowest BCUT2D eigenvalue weighted by Crippen LogP contribution is -2.59. The second kappa shape index (κ2) is 37.9. The van der Waals surface area contributed by atoms with E-state index in [1.54, 1.807) is 0 Å². The lowest BCUT2D eigenvalue weighted by atomic mass is 9.99. The monoisotopic (exact) mass is 807 g/mol. The van der Waals surface area contributed by atoms with Crippen LogP contribution in [0.3, 0.4) is 0 Å². The van der Waals surface area contributed by atoms with E-state index in [-0.39, 0.29) is 26.1 Å². The fourth-order valence-electron chi connectivity index (χ4n) is 6.55. The zero-order valence-electron chi connectivity index (χ0n) is 35.8. The summed E-state index contributed by atoms with van der Waals surface area (Å²) in [5, 5.41) is 40.0. The second-order valence-electron chi connectivity index (χ2n) is 15.5. The predicted molar refractivity (Wildman–Crippen MR) is 229 cm³/mol. The van der Waals surface area contributed by atoms with E-state index >= 15 is 0 Å². The predicted octanol–water partition coefficient (Wildman–Crippen LogP) is 9.67. The van der Waals surface area contributed by atoms with Crippen LogP contribution in [0.1, 0.15) is 181 Å². The van der Waals surface area contributed by atoms with Crippen molar-refractivity contribution >= 4 is 11.9 Å². The number of carbonyl (C=O) groups excluding carboxylic acids is 2. The van der Waals surface area contributed by atoms with Gasteiger partial charge in [0.05, 0.1) is 13.2 Å². The van der Waals surface area contributed by atoms with Crippen molar-refractivity contribution in [3.63, 3.8) is 0 Å². The van der Waals surface area contributed by atoms with Gasteiger partial charge in [-0.1, -0.05) is 146 Å². The van der Waals surface area contributed by atoms with E-state index in [1.807, 2.05) is 0 Å². The minimum Gasteiger partial charge on any atom is -0.462 e. The van der Waals surface area contributed by atoms with E-state index in [0.29, 0.717) is 12.8 Å². The zero-order chi connectivity index (χ0) is 41.6. The van der Waals surface area contributed by atoms with E-state index < -0.39 is 55.4 Å². The average molecular weight is 807 g/mol. The molecule has 10 heteroatoms. The van der Waals surface area contributed by atoms with Crippen molar-refractivity contribution in [1.29, 1.82) is 0 Å². The van der Waals surface area contributed by atoms with Crippen molar-refractivity contribution in [2.45, 2.75) is 218 Å². The molecule has 0 bridgehead atoms. The van der Waals surface area contributed by atoms with Gasteiger partial charge in [-0.05, 0) is 70.6 Å². The number of unbranched alkanes of at least 4 members (excludes halogenated alkanes) is 18. The first kappa shape index (κ1) is 52.7. The van der Waals surface area contributed by atoms with E-state index in [1.165, 1.54) is 96.3 Å². The highest BCUT2D eigenvalue weighted by molar-refractivity contribution is 5.70. The first-order valence-electron chi connectivity index (χ1n) is 22.7. The molecule has 1 aliphatic heterocycles. The minimum atomic E-state index is -1.61. The highest BCUT2D eigenvalue weighted by atomic mass is 16.7. The first-order valence-corrected chi connectivity index (χ1v) is 22.7. The Morgan fingerprint density at radius 2 is 1.00 bits per heavy atom. The van der Waals surface area contributed by atoms with Gasteiger partial charge in [0.2, 0.25) is 0 Å². The number of rotatable bonds is 37. The van der Waals surface area contributed by atoms with E-state index in [4.69, 9.17) is 18.9 Å². The largest absolute Gasteiger partial charge is 0.462 e. The smallest absolute Gasteiger partial charge is 0.306 e. The Hall–Kier alpha value is -2.34. The Kier molecular flexibility index (Phi) is 35.0. The molecule has 330 valence electrons. The number of allylic oxidation sites excluding steroid dienone is 8. The number of hydrogen-bond acceptors (Lipinski definition) is 10. The van der Waals surface area contributed by atoms with Gasteiger partial charge < -0.3 is 39.4 Å². The van der Waals surface area contributed by atoms with Gasteiger partial charge in [-0.2, -0.15) is 0 Å². The Balaban J connectivity index is 2.38. The minimum absolute atomic E-state index is 0.178. The quantitative estimate of drug-likeness (QED) is 0.0271. The van der Waals surface area contributed by atoms with Gasteiger partial charge in [0, 0.05) is 12.8 Å². The molecule has 0 spiro atoms. The molecule has 6 atom stereocenters. The molecule has 57 heavy (non-hydrogen) atoms. The molecule has 0 saturated carbocycles. The topological polar surface area (TPSA) is 152 Å². The summed E-state index contributed by atoms with van der Waals surface area (Å²) in [6.07, 6.45) is 37.0. The molecular formula is C47H82O10. The van der Waals surface area contributed by atoms with Crippen molar-refractivity contribution < 1.29 is 49.0 Å². The highest BCUT2D eigenvalue weighted by Crippen LogP contribution is 2.22. The van der Waals surface area contributed by atoms with Gasteiger partial charge in [-0.3, -0.25) is 9.59 Å². The number of hydrogen-bond donors (Lipinski definition) is 4. The van der Waals surface area contributed by atoms with Crippen molar-refractivity contribution in [3.05, 3.63) is 48.6 Å². The molecule has 1 rings (SSSR count). The third kappa shape index (κ3) is 29.5. The first-order chi connectivity index (χ1) is 27.8. The molecule has 1 heterocycles. The van der Waals surface area contributed by atoms with Crippen LogP contribution in [0.25, 0.3) is 0 Å². The number of carbonyl (C=O) groups is 2. The van der Waals surface area contributed by atoms with E-state index in [9.17, 15) is 30.0 Å². The van der Waals surface area contributed by atoms with Gasteiger partial charge in [-0.15, -0.1) is 0 Å². The Bertz CT molecular complexity index is 1070. The molecule has 0 aromatic heterocycles. The van der Waals surface area contributed by atoms with E-state index in [0.717, 1.165) is 44.9 Å². The molecule has 1 saturated heterocycles. The third-order valence-electron chi connectivity index (χ3n) is 10.2. The summed E-state index contributed by atoms with van der Waals surface area (Å²) in [6.45, 7) is 3.34. The molecule has 1 aliphatic rings. The molecule has 10 nitrogen and oxygen atoms in total. The standard InChI is InChI=1S/C47H82O10/c1-3-5-7-9-11-13-15-17-19-20-22-23-25-27-29-31-33-35-42(49)54-38-40(39-55-47-46(53)45(52)44(51)41(37-48)57-47)56-43(50)36-34-32-30-28-26-24-21-18-16-14-12-10-8-6-4-2/h18,21-23,26-29,40-41,44-48,51-53H,3-17,19-20,24-25,30-39H2,1-2H3/b21-18+,23-22+,28-26+,29-27+/t40-,41-,44+,45?,46?,47-/m0/s1. The Morgan fingerprint density at radius 3 is 1.51 bits per heavy atom. The molecule has 0 aromatic carbocycles. The van der Waals surface area contributed by atoms with Crippen LogP contribution >= 0.6 is 0 Å². The fourth-order valence-corrected chi connectivity index (χ4v) is 6.55. The van der Waals surface area contributed by atoms with Crippen LogP contribution in [0.2, 0.25) is 0 Å². The van der Waals surface area contributed by atoms with Crippen LogP contribution in [0, 0.1) is 0 Å². The molecule has 0 amide bonds. The molecule has 1 fully saturated rings. The maximum absolute atomic E-state index is 12.7. The van der Waals surface area contributed by atoms with Crippen molar-refractivity contribution in [1.82, 2.24) is 0 Å². The summed E-state index contributed by atoms with van der Waals surface area (Å²) in [6, 6.07) is 0. The Morgan fingerprint density at radius 1 is 0.544 bits per heavy atom. The van der Waals surface area contributed by atoms with Crippen molar-refractivity contribution in [3.8, 4) is 0 Å². The fraction of sp³-hybridized carbons (Fsp3) is 0.787. The molecule has 0 radical (unpaired) electrons. The summed E-state index contributed by atoms with van der Waals surface area (Å²) >= 11 is 0. The van der Waals surface area contributed by atoms with Crippen LogP contribution in [0.15, 0.2) is 48.6 Å². The van der Waals surface area contributed by atoms with Crippen molar-refractivity contribution in [2.24, 2.45) is 0 Å². The Labute approximate surface area is 346 Å². The number of esters is 2. The highest BCUT2D eigenvalue weighted by Gasteiger charge is 2.44. The van der Waals surface area contributed by atoms with Crippen LogP contribution in [-0.2, 0) is 28.5 Å². The SMILES string of the molecule is CCCCCCCC/C=C/C/C=C/CCCCC(=O)O[C@@H](COC(=O)CCC/C=C/C/C=C/CCCCCCCCCCC)CO[C@H]1O[C@@H](CO)[C@@H](O)C(O)C1O. The van der Waals surface area contributed by atoms with Crippen LogP contribution < -0.4 is 0 Å². The van der Waals surface area contributed by atoms with Crippen LogP contribution in [0.5, 0.6) is 0 Å². The molecular weight excluding hydrogens is 725 g/mol. The maximum Gasteiger partial charge on any atom is 0.306 e. The van der Waals surface area contributed by atoms with Crippen LogP contribution in [0.4, 0.5) is 0 Å². The summed E-state index contributed by atoms with van der Waals surface area (Å²) in [7, 11) is 0. The maximum atomic E-state index is 12.7. The van der Waals surface area contributed by atoms with Gasteiger partial charge >= 0.3 is 11.9 Å². The second-order valence-corrected chi connectivity index (χ2v) is 15.5. The van der Waals surface area contributed by atoms with Gasteiger partial charge in [0.15, 0.2) is 12.4 Å². The zero-order valence-corrected chi connectivity index (χ0v) is 35.8. The summed E-state index contributed by atoms with van der Waals surface area (Å²) < 4.78 is 22.1. The van der Waals surface area contributed by atoms with Gasteiger partial charge in [0.25, 0.3) is 0 Å². The molecule has 4 N–H and O–H groups in total. The lowest BCUT2D eigenvalue weighted by Gasteiger charge is -2.39. The number of aliphatic hydroxyl groups excluding tert-OH is 4. The summed E-state index contributed by atoms with van der Waals surface area (Å²) in [4.78, 5) is 25.3. The van der Waals surface area contributed by atoms with Crippen molar-refractivity contribution in [2.75, 3.05) is 19.8 Å². The molecule has 0 aromatic rings. The molecule has 2 unspecified atom stereocenters. The summed E-state index contributed by atoms with van der Waals surface area (Å²) in [5.74, 6) is -0.899.